The van der Waals surface area contributed by atoms with Crippen LogP contribution in [0.15, 0.2) is 0 Å². The molecule has 1 atom stereocenters. The van der Waals surface area contributed by atoms with Gasteiger partial charge in [0.05, 0.1) is 6.54 Å². The first-order chi connectivity index (χ1) is 6.24. The molecule has 82 valence electrons. The molecule has 1 heterocycles. The number of carbonyl (C=O) groups is 1. The number of alkyl halides is 3. The summed E-state index contributed by atoms with van der Waals surface area (Å²) in [6.45, 7) is 0.884. The Bertz CT molecular complexity index is 241. The maximum Gasteiger partial charge on any atom is 0.418 e. The zero-order valence-corrected chi connectivity index (χ0v) is 7.76. The van der Waals surface area contributed by atoms with Gasteiger partial charge >= 0.3 is 6.18 Å². The highest BCUT2D eigenvalue weighted by atomic mass is 19.4. The van der Waals surface area contributed by atoms with Crippen LogP contribution in [0.5, 0.6) is 0 Å². The van der Waals surface area contributed by atoms with E-state index in [-0.39, 0.29) is 25.3 Å². The minimum atomic E-state index is -4.61. The van der Waals surface area contributed by atoms with Gasteiger partial charge in [0, 0.05) is 13.1 Å². The van der Waals surface area contributed by atoms with Crippen molar-refractivity contribution in [3.8, 4) is 0 Å². The fourth-order valence-electron chi connectivity index (χ4n) is 1.55. The van der Waals surface area contributed by atoms with E-state index in [4.69, 9.17) is 0 Å². The summed E-state index contributed by atoms with van der Waals surface area (Å²) in [7, 11) is 0. The maximum atomic E-state index is 12.3. The number of β-amino-alcohol motifs (C(OH)–C–C–N with tert-alkyl or cyclic N) is 1. The first-order valence-corrected chi connectivity index (χ1v) is 4.25. The second-order valence-corrected chi connectivity index (χ2v) is 3.69. The highest BCUT2D eigenvalue weighted by Gasteiger charge is 2.56. The molecular weight excluding hydrogens is 199 g/mol. The van der Waals surface area contributed by atoms with Crippen molar-refractivity contribution < 1.29 is 23.1 Å². The molecule has 1 unspecified atom stereocenters. The van der Waals surface area contributed by atoms with Gasteiger partial charge in [-0.1, -0.05) is 0 Å². The molecule has 14 heavy (non-hydrogen) atoms. The predicted octanol–water partition coefficient (Wildman–Crippen LogP) is 0.575. The average molecular weight is 211 g/mol. The summed E-state index contributed by atoms with van der Waals surface area (Å²) in [4.78, 5) is 12.0. The summed E-state index contributed by atoms with van der Waals surface area (Å²) in [6.07, 6.45) is -4.97. The Labute approximate surface area is 79.5 Å². The molecule has 0 aliphatic carbocycles. The monoisotopic (exact) mass is 211 g/mol. The van der Waals surface area contributed by atoms with Crippen molar-refractivity contribution in [2.24, 2.45) is 0 Å². The highest BCUT2D eigenvalue weighted by molar-refractivity contribution is 5.77. The lowest BCUT2D eigenvalue weighted by Crippen LogP contribution is -2.47. The largest absolute Gasteiger partial charge is 0.418 e. The van der Waals surface area contributed by atoms with Gasteiger partial charge in [-0.05, 0) is 13.3 Å². The molecule has 1 saturated heterocycles. The number of hydrogen-bond donors (Lipinski definition) is 1. The van der Waals surface area contributed by atoms with E-state index in [2.05, 4.69) is 0 Å². The first-order valence-electron chi connectivity index (χ1n) is 4.25. The second-order valence-electron chi connectivity index (χ2n) is 3.69. The average Bonchev–Trinajstić information content (AvgIpc) is 2.30. The van der Waals surface area contributed by atoms with Gasteiger partial charge in [-0.3, -0.25) is 9.69 Å². The number of Topliss-reactive ketones (excluding diaryl/α,β-unsaturated/α-hetero) is 1. The lowest BCUT2D eigenvalue weighted by atomic mass is 10.0. The van der Waals surface area contributed by atoms with Gasteiger partial charge in [-0.2, -0.15) is 13.2 Å². The molecule has 1 aliphatic rings. The van der Waals surface area contributed by atoms with Crippen LogP contribution in [0.4, 0.5) is 13.2 Å². The zero-order chi connectivity index (χ0) is 11.0. The smallest absolute Gasteiger partial charge is 0.379 e. The van der Waals surface area contributed by atoms with Crippen molar-refractivity contribution in [3.05, 3.63) is 0 Å². The maximum absolute atomic E-state index is 12.3. The fourth-order valence-corrected chi connectivity index (χ4v) is 1.55. The first kappa shape index (κ1) is 11.5. The quantitative estimate of drug-likeness (QED) is 0.726. The minimum Gasteiger partial charge on any atom is -0.379 e. The number of hydrogen-bond acceptors (Lipinski definition) is 3. The van der Waals surface area contributed by atoms with Crippen LogP contribution in [0.25, 0.3) is 0 Å². The third-order valence-corrected chi connectivity index (χ3v) is 2.30. The molecule has 1 aliphatic heterocycles. The SMILES string of the molecule is CC(=O)CN1CCC(O)(C(F)(F)F)C1. The third kappa shape index (κ3) is 2.24. The Morgan fingerprint density at radius 3 is 2.50 bits per heavy atom. The van der Waals surface area contributed by atoms with Crippen LogP contribution in [0, 0.1) is 0 Å². The van der Waals surface area contributed by atoms with Crippen LogP contribution in [-0.2, 0) is 4.79 Å². The molecule has 0 aromatic rings. The van der Waals surface area contributed by atoms with Crippen molar-refractivity contribution in [2.75, 3.05) is 19.6 Å². The number of rotatable bonds is 2. The Morgan fingerprint density at radius 1 is 1.57 bits per heavy atom. The summed E-state index contributed by atoms with van der Waals surface area (Å²) in [5.41, 5.74) is -2.64. The second kappa shape index (κ2) is 3.51. The molecule has 0 aromatic carbocycles. The van der Waals surface area contributed by atoms with E-state index >= 15 is 0 Å². The Balaban J connectivity index is 2.60. The molecular formula is C8H12F3NO2. The standard InChI is InChI=1S/C8H12F3NO2/c1-6(13)4-12-3-2-7(14,5-12)8(9,10)11/h14H,2-5H2,1H3. The van der Waals surface area contributed by atoms with Gasteiger partial charge in [-0.25, -0.2) is 0 Å². The number of halogens is 3. The number of aliphatic hydroxyl groups is 1. The summed E-state index contributed by atoms with van der Waals surface area (Å²) < 4.78 is 36.9. The highest BCUT2D eigenvalue weighted by Crippen LogP contribution is 2.37. The summed E-state index contributed by atoms with van der Waals surface area (Å²) in [5.74, 6) is -0.198. The van der Waals surface area contributed by atoms with Gasteiger partial charge in [0.1, 0.15) is 5.78 Å². The zero-order valence-electron chi connectivity index (χ0n) is 7.76. The van der Waals surface area contributed by atoms with E-state index in [1.54, 1.807) is 0 Å². The van der Waals surface area contributed by atoms with E-state index in [9.17, 15) is 23.1 Å². The van der Waals surface area contributed by atoms with Crippen molar-refractivity contribution in [1.82, 2.24) is 4.90 Å². The van der Waals surface area contributed by atoms with Crippen molar-refractivity contribution in [2.45, 2.75) is 25.1 Å². The summed E-state index contributed by atoms with van der Waals surface area (Å²) in [6, 6.07) is 0. The molecule has 3 nitrogen and oxygen atoms in total. The van der Waals surface area contributed by atoms with Gasteiger partial charge in [0.2, 0.25) is 0 Å². The van der Waals surface area contributed by atoms with Crippen LogP contribution in [0.2, 0.25) is 0 Å². The van der Waals surface area contributed by atoms with Crippen molar-refractivity contribution in [3.63, 3.8) is 0 Å². The van der Waals surface area contributed by atoms with E-state index in [0.717, 1.165) is 0 Å². The van der Waals surface area contributed by atoms with E-state index < -0.39 is 18.3 Å². The molecule has 0 saturated carbocycles. The van der Waals surface area contributed by atoms with E-state index in [1.807, 2.05) is 0 Å². The number of carbonyl (C=O) groups excluding carboxylic acids is 1. The fraction of sp³-hybridized carbons (Fsp3) is 0.875. The van der Waals surface area contributed by atoms with Crippen LogP contribution in [0.3, 0.4) is 0 Å². The van der Waals surface area contributed by atoms with E-state index in [1.165, 1.54) is 11.8 Å². The number of likely N-dealkylation sites (tertiary alicyclic amines) is 1. The minimum absolute atomic E-state index is 0.0294. The Hall–Kier alpha value is -0.620. The Morgan fingerprint density at radius 2 is 2.14 bits per heavy atom. The van der Waals surface area contributed by atoms with Crippen LogP contribution < -0.4 is 0 Å². The van der Waals surface area contributed by atoms with Crippen LogP contribution >= 0.6 is 0 Å². The molecule has 1 rings (SSSR count). The molecule has 1 fully saturated rings. The molecule has 0 spiro atoms. The predicted molar refractivity (Wildman–Crippen MR) is 42.7 cm³/mol. The Kier molecular flexibility index (Phi) is 2.87. The third-order valence-electron chi connectivity index (χ3n) is 2.30. The van der Waals surface area contributed by atoms with Crippen LogP contribution in [-0.4, -0.2) is 47.2 Å². The van der Waals surface area contributed by atoms with Gasteiger partial charge in [0.25, 0.3) is 0 Å². The molecule has 0 radical (unpaired) electrons. The summed E-state index contributed by atoms with van der Waals surface area (Å²) in [5, 5.41) is 9.23. The molecule has 0 amide bonds. The lowest BCUT2D eigenvalue weighted by molar-refractivity contribution is -0.253. The van der Waals surface area contributed by atoms with Crippen molar-refractivity contribution in [1.29, 1.82) is 0 Å². The van der Waals surface area contributed by atoms with Gasteiger partial charge < -0.3 is 5.11 Å². The van der Waals surface area contributed by atoms with E-state index in [0.29, 0.717) is 0 Å². The van der Waals surface area contributed by atoms with Gasteiger partial charge in [-0.15, -0.1) is 0 Å². The van der Waals surface area contributed by atoms with Crippen LogP contribution in [0.1, 0.15) is 13.3 Å². The summed E-state index contributed by atoms with van der Waals surface area (Å²) >= 11 is 0. The molecule has 1 N–H and O–H groups in total. The van der Waals surface area contributed by atoms with Gasteiger partial charge in [0.15, 0.2) is 5.60 Å². The topological polar surface area (TPSA) is 40.5 Å². The molecule has 0 bridgehead atoms. The molecule has 0 aromatic heterocycles. The number of nitrogens with zero attached hydrogens (tertiary/aromatic N) is 1. The number of ketones is 1. The lowest BCUT2D eigenvalue weighted by Gasteiger charge is -2.25. The van der Waals surface area contributed by atoms with Crippen molar-refractivity contribution >= 4 is 5.78 Å². The molecule has 6 heteroatoms. The normalized spacial score (nSPS) is 29.5.